The van der Waals surface area contributed by atoms with Crippen LogP contribution in [0.2, 0.25) is 0 Å². The van der Waals surface area contributed by atoms with Gasteiger partial charge in [0.2, 0.25) is 0 Å². The van der Waals surface area contributed by atoms with E-state index in [4.69, 9.17) is 0 Å². The Morgan fingerprint density at radius 1 is 0.190 bits per heavy atom. The molecule has 0 radical (unpaired) electrons. The van der Waals surface area contributed by atoms with Crippen LogP contribution in [0.5, 0.6) is 0 Å². The highest BCUT2D eigenvalue weighted by atomic mass is 19.4. The first-order valence-corrected chi connectivity index (χ1v) is 25.3. The maximum atomic E-state index is 16.0. The second kappa shape index (κ2) is 18.2. The zero-order valence-electron chi connectivity index (χ0n) is 44.9. The van der Waals surface area contributed by atoms with Crippen molar-refractivity contribution < 1.29 is 253 Å². The van der Waals surface area contributed by atoms with Crippen LogP contribution in [0.1, 0.15) is 19.3 Å². The molecule has 12 rings (SSSR count). The van der Waals surface area contributed by atoms with Gasteiger partial charge < -0.3 is 29.5 Å². The van der Waals surface area contributed by atoms with Gasteiger partial charge in [0.1, 0.15) is 0 Å². The third-order valence-electron chi connectivity index (χ3n) is 20.4. The van der Waals surface area contributed by atoms with Crippen LogP contribution in [-0.2, 0) is 14.2 Å². The molecule has 0 aromatic carbocycles. The summed E-state index contributed by atoms with van der Waals surface area (Å²) < 4.78 is 796. The Morgan fingerprint density at radius 2 is 0.290 bits per heavy atom. The number of aliphatic hydroxyl groups excluding tert-OH is 3. The summed E-state index contributed by atoms with van der Waals surface area (Å²) in [5, 5.41) is 31.2. The lowest BCUT2D eigenvalue weighted by Crippen LogP contribution is -3.09. The smallest absolute Gasteiger partial charge is 0.379 e. The monoisotopic (exact) mass is 1600 g/mol. The normalized spacial score (nSPS) is 46.6. The number of aliphatic hydroxyl groups is 3. The highest BCUT2D eigenvalue weighted by Gasteiger charge is 3.29. The average molecular weight is 1600 g/mol. The molecular formula is C43H19F51O6. The van der Waals surface area contributed by atoms with Crippen LogP contribution in [0.3, 0.4) is 0 Å². The van der Waals surface area contributed by atoms with Crippen molar-refractivity contribution in [2.75, 3.05) is 19.8 Å². The Balaban J connectivity index is 1.11. The van der Waals surface area contributed by atoms with Gasteiger partial charge in [-0.3, -0.25) is 0 Å². The van der Waals surface area contributed by atoms with Crippen LogP contribution < -0.4 is 0 Å². The van der Waals surface area contributed by atoms with E-state index in [0.29, 0.717) is 0 Å². The third kappa shape index (κ3) is 5.75. The van der Waals surface area contributed by atoms with Crippen LogP contribution in [0.25, 0.3) is 0 Å². The second-order valence-electron chi connectivity index (χ2n) is 24.5. The molecular weight excluding hydrogens is 1580 g/mol. The topological polar surface area (TPSA) is 88.4 Å². The molecule has 0 amide bonds. The minimum Gasteiger partial charge on any atom is -0.391 e. The molecule has 584 valence electrons. The van der Waals surface area contributed by atoms with Gasteiger partial charge in [0.15, 0.2) is 0 Å². The molecule has 12 bridgehead atoms. The summed E-state index contributed by atoms with van der Waals surface area (Å²) in [6.07, 6.45) is -48.3. The Hall–Kier alpha value is -3.81. The summed E-state index contributed by atoms with van der Waals surface area (Å²) in [7, 11) is 0. The molecule has 0 saturated heterocycles. The van der Waals surface area contributed by atoms with E-state index in [-0.39, 0.29) is 0 Å². The standard InChI is InChI=1S/C43H19F51O6/c44-14-23(53,54)11(24(55,56)15(45,32(14,71)72)34(75,76)16(46,25(11,57)58)33(14,73)74)41(89,90)98-4-8(95)1-7(2-9(96)5-99-42(91,92)12-26(59,60)17(47)35(77,78)18(48,27(12,61)62)37(81,82)19(49,28(12,63)64)36(17,79)80)3-10(97)6-100-43(93,94)13-29(65,66)20(50)38(83,84)21(51,30(13,67)68)40(87,88)22(52,31(13,69)70)39(20,85)86/h7-10,95-97H,1-6H2. The molecule has 12 fully saturated rings. The minimum absolute atomic E-state index is 2.64. The predicted molar refractivity (Wildman–Crippen MR) is 199 cm³/mol. The molecule has 12 aliphatic rings. The Labute approximate surface area is 509 Å². The third-order valence-corrected chi connectivity index (χ3v) is 20.4. The van der Waals surface area contributed by atoms with Gasteiger partial charge in [0.05, 0.1) is 38.1 Å². The van der Waals surface area contributed by atoms with Gasteiger partial charge in [-0.25, -0.2) is 119 Å². The van der Waals surface area contributed by atoms with E-state index in [2.05, 4.69) is 14.2 Å². The number of rotatable bonds is 18. The predicted octanol–water partition coefficient (Wildman–Crippen LogP) is 14.6. The number of ether oxygens (including phenoxy) is 3. The number of hydrogen-bond acceptors (Lipinski definition) is 6. The zero-order valence-corrected chi connectivity index (χ0v) is 44.9. The van der Waals surface area contributed by atoms with Crippen LogP contribution in [0, 0.1) is 22.2 Å². The average Bonchev–Trinajstić information content (AvgIpc) is 0.599. The van der Waals surface area contributed by atoms with Crippen LogP contribution >= 0.6 is 0 Å². The lowest BCUT2D eigenvalue weighted by atomic mass is 9.36. The van der Waals surface area contributed by atoms with Gasteiger partial charge in [-0.2, -0.15) is 105 Å². The van der Waals surface area contributed by atoms with Crippen molar-refractivity contribution in [3.63, 3.8) is 0 Å². The highest BCUT2D eigenvalue weighted by molar-refractivity contribution is 5.57. The van der Waals surface area contributed by atoms with Crippen molar-refractivity contribution in [3.8, 4) is 0 Å². The lowest BCUT2D eigenvalue weighted by Gasteiger charge is -2.75. The van der Waals surface area contributed by atoms with Gasteiger partial charge in [0, 0.05) is 0 Å². The Morgan fingerprint density at radius 3 is 0.390 bits per heavy atom. The first-order chi connectivity index (χ1) is 43.2. The molecule has 0 aromatic heterocycles. The van der Waals surface area contributed by atoms with Crippen molar-refractivity contribution in [1.29, 1.82) is 0 Å². The SMILES string of the molecule is OC(COC(F)(F)C12C(F)(F)C3(F)C(F)(F)C(F)(C(F)(F)C(F)(C3(F)F)C1(F)F)C2(F)F)CC(CC(O)COC(F)(F)C12C(F)(F)C3(F)C(F)(F)C(F)(C(F)(F)C(F)(C3(F)F)C1(F)F)C2(F)F)CC(O)COC(F)(F)C12C(F)(F)C3(F)C(F)(F)C(F)(C(F)(F)C(F)(C3(F)F)C1(F)F)C2(F)F. The highest BCUT2D eigenvalue weighted by Crippen LogP contribution is 2.97. The molecule has 12 aliphatic carbocycles. The molecule has 3 atom stereocenters. The van der Waals surface area contributed by atoms with Gasteiger partial charge >= 0.3 is 176 Å². The quantitative estimate of drug-likeness (QED) is 0.119. The van der Waals surface area contributed by atoms with Crippen molar-refractivity contribution in [3.05, 3.63) is 0 Å². The van der Waals surface area contributed by atoms with E-state index in [1.807, 2.05) is 0 Å². The second-order valence-corrected chi connectivity index (χ2v) is 24.5. The number of hydrogen-bond donors (Lipinski definition) is 3. The van der Waals surface area contributed by atoms with E-state index < -0.39 is 256 Å². The number of alkyl halides is 51. The summed E-state index contributed by atoms with van der Waals surface area (Å²) in [6, 6.07) is 0. The molecule has 0 heterocycles. The van der Waals surface area contributed by atoms with Crippen molar-refractivity contribution in [1.82, 2.24) is 0 Å². The molecule has 0 aliphatic heterocycles. The van der Waals surface area contributed by atoms with Crippen LogP contribution in [-0.4, -0.2) is 229 Å². The lowest BCUT2D eigenvalue weighted by molar-refractivity contribution is -0.641. The largest absolute Gasteiger partial charge is 0.391 e. The van der Waals surface area contributed by atoms with Gasteiger partial charge in [0.25, 0.3) is 16.2 Å². The van der Waals surface area contributed by atoms with Crippen molar-refractivity contribution >= 4 is 0 Å². The fourth-order valence-corrected chi connectivity index (χ4v) is 15.8. The van der Waals surface area contributed by atoms with Crippen LogP contribution in [0.4, 0.5) is 224 Å². The zero-order chi connectivity index (χ0) is 79.2. The molecule has 0 spiro atoms. The summed E-state index contributed by atoms with van der Waals surface area (Å²) >= 11 is 0. The van der Waals surface area contributed by atoms with Crippen LogP contribution in [0.15, 0.2) is 0 Å². The molecule has 0 aromatic rings. The van der Waals surface area contributed by atoms with Crippen molar-refractivity contribution in [2.45, 2.75) is 214 Å². The molecule has 6 nitrogen and oxygen atoms in total. The molecule has 100 heavy (non-hydrogen) atoms. The fourth-order valence-electron chi connectivity index (χ4n) is 15.8. The van der Waals surface area contributed by atoms with E-state index in [0.717, 1.165) is 0 Å². The minimum atomic E-state index is -9.23. The van der Waals surface area contributed by atoms with Crippen molar-refractivity contribution in [2.24, 2.45) is 22.2 Å². The summed E-state index contributed by atoms with van der Waals surface area (Å²) in [4.78, 5) is 0. The maximum absolute atomic E-state index is 16.0. The van der Waals surface area contributed by atoms with Gasteiger partial charge in [-0.1, -0.05) is 0 Å². The Kier molecular flexibility index (Phi) is 14.6. The van der Waals surface area contributed by atoms with Gasteiger partial charge in [-0.05, 0) is 25.2 Å². The summed E-state index contributed by atoms with van der Waals surface area (Å²) in [6.45, 7) is -11.6. The van der Waals surface area contributed by atoms with E-state index in [1.54, 1.807) is 0 Å². The molecule has 57 heteroatoms. The summed E-state index contributed by atoms with van der Waals surface area (Å²) in [5.74, 6) is -167. The molecule has 3 unspecified atom stereocenters. The Bertz CT molecular complexity index is 2740. The maximum Gasteiger partial charge on any atom is 0.379 e. The first-order valence-electron chi connectivity index (χ1n) is 25.3. The fraction of sp³-hybridized carbons (Fsp3) is 1.00. The van der Waals surface area contributed by atoms with E-state index >= 15 is 145 Å². The van der Waals surface area contributed by atoms with E-state index in [1.165, 1.54) is 0 Å². The van der Waals surface area contributed by atoms with Gasteiger partial charge in [-0.15, -0.1) is 0 Å². The molecule has 12 saturated carbocycles. The number of halogens is 51. The van der Waals surface area contributed by atoms with E-state index in [9.17, 15) is 94.3 Å². The molecule has 3 N–H and O–H groups in total. The summed E-state index contributed by atoms with van der Waals surface area (Å²) in [5.41, 5.74) is -108. The first kappa shape index (κ1) is 80.3.